The summed E-state index contributed by atoms with van der Waals surface area (Å²) >= 11 is 4.70. The van der Waals surface area contributed by atoms with E-state index in [4.69, 9.17) is 0 Å². The molecule has 1 aromatic heterocycles. The van der Waals surface area contributed by atoms with Crippen molar-refractivity contribution in [1.29, 1.82) is 0 Å². The van der Waals surface area contributed by atoms with E-state index in [2.05, 4.69) is 28.0 Å². The van der Waals surface area contributed by atoms with Gasteiger partial charge in [-0.3, -0.25) is 4.68 Å². The van der Waals surface area contributed by atoms with Crippen molar-refractivity contribution in [3.63, 3.8) is 0 Å². The molecule has 0 fully saturated rings. The molecule has 0 saturated heterocycles. The van der Waals surface area contributed by atoms with Gasteiger partial charge < -0.3 is 5.11 Å². The van der Waals surface area contributed by atoms with E-state index in [0.717, 1.165) is 23.1 Å². The molecule has 1 atom stereocenters. The summed E-state index contributed by atoms with van der Waals surface area (Å²) in [6, 6.07) is 6.58. The van der Waals surface area contributed by atoms with Crippen molar-refractivity contribution in [3.8, 4) is 0 Å². The van der Waals surface area contributed by atoms with Crippen LogP contribution in [0.5, 0.6) is 0 Å². The molecule has 0 aliphatic carbocycles. The Bertz CT molecular complexity index is 576. The Kier molecular flexibility index (Phi) is 5.63. The molecule has 1 N–H and O–H groups in total. The molecule has 2 rings (SSSR count). The zero-order valence-corrected chi connectivity index (χ0v) is 13.5. The molecule has 0 bridgehead atoms. The highest BCUT2D eigenvalue weighted by molar-refractivity contribution is 9.10. The predicted molar refractivity (Wildman–Crippen MR) is 82.3 cm³/mol. The van der Waals surface area contributed by atoms with Crippen LogP contribution in [-0.4, -0.2) is 20.6 Å². The molecule has 0 saturated carbocycles. The number of aliphatic hydroxyl groups excluding tert-OH is 1. The van der Waals surface area contributed by atoms with E-state index in [-0.39, 0.29) is 5.82 Å². The van der Waals surface area contributed by atoms with Crippen molar-refractivity contribution in [2.24, 2.45) is 0 Å². The summed E-state index contributed by atoms with van der Waals surface area (Å²) in [7, 11) is 0. The first kappa shape index (κ1) is 15.5. The van der Waals surface area contributed by atoms with Crippen LogP contribution in [0.3, 0.4) is 0 Å². The summed E-state index contributed by atoms with van der Waals surface area (Å²) in [6.45, 7) is 2.81. The van der Waals surface area contributed by atoms with Crippen LogP contribution in [0.1, 0.15) is 25.1 Å². The lowest BCUT2D eigenvalue weighted by Gasteiger charge is -2.14. The van der Waals surface area contributed by atoms with E-state index in [1.807, 2.05) is 0 Å². The van der Waals surface area contributed by atoms with Gasteiger partial charge in [-0.05, 0) is 34.5 Å². The fourth-order valence-electron chi connectivity index (χ4n) is 1.90. The van der Waals surface area contributed by atoms with Gasteiger partial charge in [-0.15, -0.1) is 11.8 Å². The van der Waals surface area contributed by atoms with Crippen molar-refractivity contribution in [2.75, 3.05) is 5.75 Å². The van der Waals surface area contributed by atoms with Gasteiger partial charge in [0.1, 0.15) is 11.9 Å². The van der Waals surface area contributed by atoms with E-state index >= 15 is 0 Å². The van der Waals surface area contributed by atoms with E-state index in [1.165, 1.54) is 17.8 Å². The standard InChI is InChI=1S/C14H16BrFN2OS/c1-2-7-18-14(10(15)8-17-18)12(19)9-20-13-6-4-3-5-11(13)16/h3-6,8,12,19H,2,7,9H2,1H3. The molecule has 108 valence electrons. The number of hydrogen-bond acceptors (Lipinski definition) is 3. The molecule has 20 heavy (non-hydrogen) atoms. The lowest BCUT2D eigenvalue weighted by atomic mass is 10.3. The van der Waals surface area contributed by atoms with Crippen LogP contribution in [0.25, 0.3) is 0 Å². The topological polar surface area (TPSA) is 38.0 Å². The maximum atomic E-state index is 13.5. The van der Waals surface area contributed by atoms with Gasteiger partial charge in [0.15, 0.2) is 0 Å². The van der Waals surface area contributed by atoms with Gasteiger partial charge in [0.2, 0.25) is 0 Å². The SMILES string of the molecule is CCCn1ncc(Br)c1C(O)CSc1ccccc1F. The quantitative estimate of drug-likeness (QED) is 0.792. The number of hydrogen-bond donors (Lipinski definition) is 1. The molecular formula is C14H16BrFN2OS. The number of aryl methyl sites for hydroxylation is 1. The smallest absolute Gasteiger partial charge is 0.136 e. The molecule has 0 spiro atoms. The zero-order chi connectivity index (χ0) is 14.5. The summed E-state index contributed by atoms with van der Waals surface area (Å²) in [5, 5.41) is 14.5. The molecule has 1 unspecified atom stereocenters. The highest BCUT2D eigenvalue weighted by Gasteiger charge is 2.18. The van der Waals surface area contributed by atoms with Gasteiger partial charge >= 0.3 is 0 Å². The van der Waals surface area contributed by atoms with Gasteiger partial charge in [-0.2, -0.15) is 5.10 Å². The first-order valence-electron chi connectivity index (χ1n) is 6.40. The summed E-state index contributed by atoms with van der Waals surface area (Å²) < 4.78 is 16.1. The molecule has 0 aliphatic heterocycles. The van der Waals surface area contributed by atoms with Gasteiger partial charge in [0.25, 0.3) is 0 Å². The maximum Gasteiger partial charge on any atom is 0.136 e. The normalized spacial score (nSPS) is 12.6. The minimum absolute atomic E-state index is 0.258. The third-order valence-electron chi connectivity index (χ3n) is 2.82. The van der Waals surface area contributed by atoms with Crippen LogP contribution in [0.2, 0.25) is 0 Å². The second-order valence-electron chi connectivity index (χ2n) is 4.36. The molecule has 1 aromatic carbocycles. The average molecular weight is 359 g/mol. The van der Waals surface area contributed by atoms with Crippen molar-refractivity contribution in [1.82, 2.24) is 9.78 Å². The van der Waals surface area contributed by atoms with E-state index in [0.29, 0.717) is 10.6 Å². The molecule has 0 amide bonds. The van der Waals surface area contributed by atoms with Crippen LogP contribution >= 0.6 is 27.7 Å². The van der Waals surface area contributed by atoms with E-state index in [1.54, 1.807) is 29.1 Å². The van der Waals surface area contributed by atoms with E-state index < -0.39 is 6.10 Å². The maximum absolute atomic E-state index is 13.5. The summed E-state index contributed by atoms with van der Waals surface area (Å²) in [5.74, 6) is 0.125. The lowest BCUT2D eigenvalue weighted by Crippen LogP contribution is -2.11. The second-order valence-corrected chi connectivity index (χ2v) is 6.27. The summed E-state index contributed by atoms with van der Waals surface area (Å²) in [4.78, 5) is 0.546. The molecule has 3 nitrogen and oxygen atoms in total. The number of aliphatic hydroxyl groups is 1. The zero-order valence-electron chi connectivity index (χ0n) is 11.1. The molecule has 6 heteroatoms. The van der Waals surface area contributed by atoms with Crippen LogP contribution < -0.4 is 0 Å². The Balaban J connectivity index is 2.07. The van der Waals surface area contributed by atoms with E-state index in [9.17, 15) is 9.50 Å². The Morgan fingerprint density at radius 3 is 2.90 bits per heavy atom. The predicted octanol–water partition coefficient (Wildman–Crippen LogP) is 4.02. The van der Waals surface area contributed by atoms with Crippen molar-refractivity contribution in [2.45, 2.75) is 30.9 Å². The number of nitrogens with zero attached hydrogens (tertiary/aromatic N) is 2. The molecule has 2 aromatic rings. The van der Waals surface area contributed by atoms with Crippen LogP contribution in [0, 0.1) is 5.82 Å². The minimum Gasteiger partial charge on any atom is -0.386 e. The molecule has 0 aliphatic rings. The molecular weight excluding hydrogens is 343 g/mol. The van der Waals surface area contributed by atoms with Crippen LogP contribution in [0.4, 0.5) is 4.39 Å². The van der Waals surface area contributed by atoms with Crippen molar-refractivity contribution < 1.29 is 9.50 Å². The van der Waals surface area contributed by atoms with Gasteiger partial charge in [0.05, 0.1) is 16.4 Å². The fourth-order valence-corrected chi connectivity index (χ4v) is 3.34. The Morgan fingerprint density at radius 2 is 2.20 bits per heavy atom. The monoisotopic (exact) mass is 358 g/mol. The third kappa shape index (κ3) is 3.62. The van der Waals surface area contributed by atoms with Crippen molar-refractivity contribution >= 4 is 27.7 Å². The molecule has 1 heterocycles. The largest absolute Gasteiger partial charge is 0.386 e. The summed E-state index contributed by atoms with van der Waals surface area (Å²) in [5.41, 5.74) is 0.746. The van der Waals surface area contributed by atoms with Crippen LogP contribution in [-0.2, 0) is 6.54 Å². The highest BCUT2D eigenvalue weighted by Crippen LogP contribution is 2.30. The Labute approximate surface area is 130 Å². The molecule has 0 radical (unpaired) electrons. The highest BCUT2D eigenvalue weighted by atomic mass is 79.9. The first-order chi connectivity index (χ1) is 9.63. The van der Waals surface area contributed by atoms with Gasteiger partial charge in [0, 0.05) is 17.2 Å². The van der Waals surface area contributed by atoms with Crippen molar-refractivity contribution in [3.05, 3.63) is 46.4 Å². The minimum atomic E-state index is -0.692. The Hall–Kier alpha value is -0.850. The third-order valence-corrected chi connectivity index (χ3v) is 4.55. The van der Waals surface area contributed by atoms with Crippen LogP contribution in [0.15, 0.2) is 39.8 Å². The second kappa shape index (κ2) is 7.24. The average Bonchev–Trinajstić information content (AvgIpc) is 2.79. The number of aromatic nitrogens is 2. The lowest BCUT2D eigenvalue weighted by molar-refractivity contribution is 0.190. The number of rotatable bonds is 6. The number of halogens is 2. The van der Waals surface area contributed by atoms with Gasteiger partial charge in [-0.1, -0.05) is 19.1 Å². The Morgan fingerprint density at radius 1 is 1.45 bits per heavy atom. The first-order valence-corrected chi connectivity index (χ1v) is 8.18. The number of benzene rings is 1. The van der Waals surface area contributed by atoms with Gasteiger partial charge in [-0.25, -0.2) is 4.39 Å². The fraction of sp³-hybridized carbons (Fsp3) is 0.357. The summed E-state index contributed by atoms with van der Waals surface area (Å²) in [6.07, 6.45) is 1.93. The number of thioether (sulfide) groups is 1.